The summed E-state index contributed by atoms with van der Waals surface area (Å²) in [6.07, 6.45) is 0. The summed E-state index contributed by atoms with van der Waals surface area (Å²) in [4.78, 5) is 0. The lowest BCUT2D eigenvalue weighted by Gasteiger charge is -2.14. The van der Waals surface area contributed by atoms with Gasteiger partial charge in [-0.15, -0.1) is 0 Å². The highest BCUT2D eigenvalue weighted by Gasteiger charge is 2.13. The van der Waals surface area contributed by atoms with Crippen molar-refractivity contribution in [3.05, 3.63) is 63.4 Å². The monoisotopic (exact) mass is 299 g/mol. The van der Waals surface area contributed by atoms with E-state index in [1.807, 2.05) is 0 Å². The lowest BCUT2D eigenvalue weighted by atomic mass is 9.99. The highest BCUT2D eigenvalue weighted by molar-refractivity contribution is 6.32. The quantitative estimate of drug-likeness (QED) is 0.922. The fourth-order valence-electron chi connectivity index (χ4n) is 1.77. The lowest BCUT2D eigenvalue weighted by Crippen LogP contribution is -2.12. The van der Waals surface area contributed by atoms with E-state index in [1.165, 1.54) is 19.2 Å². The van der Waals surface area contributed by atoms with Gasteiger partial charge in [-0.2, -0.15) is 0 Å². The SMILES string of the molecule is COc1ccc(C(N)c2ccc(Cl)c(F)c2)cc1Cl. The van der Waals surface area contributed by atoms with Crippen molar-refractivity contribution in [2.45, 2.75) is 6.04 Å². The van der Waals surface area contributed by atoms with Crippen LogP contribution in [0, 0.1) is 5.82 Å². The van der Waals surface area contributed by atoms with Crippen molar-refractivity contribution in [3.63, 3.8) is 0 Å². The molecule has 0 fully saturated rings. The Hall–Kier alpha value is -1.29. The second-order valence-electron chi connectivity index (χ2n) is 4.05. The highest BCUT2D eigenvalue weighted by atomic mass is 35.5. The Morgan fingerprint density at radius 2 is 1.68 bits per heavy atom. The van der Waals surface area contributed by atoms with Crippen LogP contribution >= 0.6 is 23.2 Å². The number of halogens is 3. The molecule has 0 heterocycles. The minimum absolute atomic E-state index is 0.0729. The predicted octanol–water partition coefficient (Wildman–Crippen LogP) is 4.19. The van der Waals surface area contributed by atoms with Crippen LogP contribution in [0.2, 0.25) is 10.0 Å². The number of ether oxygens (including phenoxy) is 1. The first kappa shape index (κ1) is 14.1. The first-order valence-electron chi connectivity index (χ1n) is 5.57. The molecule has 0 radical (unpaired) electrons. The van der Waals surface area contributed by atoms with Gasteiger partial charge in [0, 0.05) is 0 Å². The van der Waals surface area contributed by atoms with E-state index in [0.717, 1.165) is 5.56 Å². The van der Waals surface area contributed by atoms with Crippen molar-refractivity contribution >= 4 is 23.2 Å². The van der Waals surface area contributed by atoms with Crippen molar-refractivity contribution in [1.82, 2.24) is 0 Å². The van der Waals surface area contributed by atoms with Gasteiger partial charge in [0.1, 0.15) is 11.6 Å². The maximum absolute atomic E-state index is 13.4. The smallest absolute Gasteiger partial charge is 0.142 e. The van der Waals surface area contributed by atoms with Gasteiger partial charge in [0.25, 0.3) is 0 Å². The molecule has 1 unspecified atom stereocenters. The van der Waals surface area contributed by atoms with Crippen LogP contribution < -0.4 is 10.5 Å². The molecule has 5 heteroatoms. The first-order chi connectivity index (χ1) is 9.02. The molecule has 1 atom stereocenters. The molecule has 0 saturated heterocycles. The van der Waals surface area contributed by atoms with Crippen LogP contribution in [0.5, 0.6) is 5.75 Å². The summed E-state index contributed by atoms with van der Waals surface area (Å²) in [5.41, 5.74) is 7.49. The zero-order chi connectivity index (χ0) is 14.0. The number of hydrogen-bond donors (Lipinski definition) is 1. The molecule has 19 heavy (non-hydrogen) atoms. The van der Waals surface area contributed by atoms with Gasteiger partial charge in [-0.1, -0.05) is 35.3 Å². The first-order valence-corrected chi connectivity index (χ1v) is 6.32. The molecular weight excluding hydrogens is 288 g/mol. The van der Waals surface area contributed by atoms with E-state index in [1.54, 1.807) is 24.3 Å². The average molecular weight is 300 g/mol. The molecule has 2 N–H and O–H groups in total. The van der Waals surface area contributed by atoms with E-state index >= 15 is 0 Å². The normalized spacial score (nSPS) is 12.3. The zero-order valence-electron chi connectivity index (χ0n) is 10.2. The summed E-state index contributed by atoms with van der Waals surface area (Å²) < 4.78 is 18.5. The van der Waals surface area contributed by atoms with Crippen molar-refractivity contribution in [3.8, 4) is 5.75 Å². The van der Waals surface area contributed by atoms with E-state index in [4.69, 9.17) is 33.7 Å². The summed E-state index contributed by atoms with van der Waals surface area (Å²) in [5.74, 6) is 0.0779. The van der Waals surface area contributed by atoms with Gasteiger partial charge >= 0.3 is 0 Å². The Balaban J connectivity index is 2.35. The Morgan fingerprint density at radius 1 is 1.05 bits per heavy atom. The molecule has 0 aliphatic carbocycles. The molecule has 0 spiro atoms. The molecule has 0 aliphatic rings. The van der Waals surface area contributed by atoms with Crippen molar-refractivity contribution in [2.75, 3.05) is 7.11 Å². The molecule has 0 aliphatic heterocycles. The van der Waals surface area contributed by atoms with Crippen molar-refractivity contribution < 1.29 is 9.13 Å². The van der Waals surface area contributed by atoms with E-state index in [-0.39, 0.29) is 5.02 Å². The van der Waals surface area contributed by atoms with Gasteiger partial charge in [0.05, 0.1) is 23.2 Å². The summed E-state index contributed by atoms with van der Waals surface area (Å²) in [5, 5.41) is 0.536. The molecule has 0 amide bonds. The van der Waals surface area contributed by atoms with Crippen LogP contribution in [0.1, 0.15) is 17.2 Å². The Labute approximate surface area is 120 Å². The molecule has 2 aromatic rings. The highest BCUT2D eigenvalue weighted by Crippen LogP contribution is 2.30. The molecule has 0 saturated carbocycles. The molecule has 0 bridgehead atoms. The molecule has 2 nitrogen and oxygen atoms in total. The Bertz CT molecular complexity index is 604. The molecular formula is C14H12Cl2FNO. The van der Waals surface area contributed by atoms with E-state index < -0.39 is 11.9 Å². The van der Waals surface area contributed by atoms with Crippen molar-refractivity contribution in [2.24, 2.45) is 5.73 Å². The predicted molar refractivity (Wildman–Crippen MR) is 75.4 cm³/mol. The molecule has 0 aromatic heterocycles. The van der Waals surface area contributed by atoms with Crippen LogP contribution in [0.4, 0.5) is 4.39 Å². The standard InChI is InChI=1S/C14H12Cl2FNO/c1-19-13-5-3-8(6-11(13)16)14(18)9-2-4-10(15)12(17)7-9/h2-7,14H,18H2,1H3. The second-order valence-corrected chi connectivity index (χ2v) is 4.86. The maximum atomic E-state index is 13.4. The summed E-state index contributed by atoms with van der Waals surface area (Å²) in [6, 6.07) is 9.25. The summed E-state index contributed by atoms with van der Waals surface area (Å²) >= 11 is 11.7. The number of benzene rings is 2. The van der Waals surface area contributed by atoms with Gasteiger partial charge in [-0.25, -0.2) is 4.39 Å². The van der Waals surface area contributed by atoms with Gasteiger partial charge in [-0.05, 0) is 35.4 Å². The number of methoxy groups -OCH3 is 1. The van der Waals surface area contributed by atoms with Crippen LogP contribution in [-0.4, -0.2) is 7.11 Å². The van der Waals surface area contributed by atoms with Crippen LogP contribution in [-0.2, 0) is 0 Å². The van der Waals surface area contributed by atoms with E-state index in [2.05, 4.69) is 0 Å². The topological polar surface area (TPSA) is 35.2 Å². The van der Waals surface area contributed by atoms with Gasteiger partial charge in [-0.3, -0.25) is 0 Å². The van der Waals surface area contributed by atoms with Crippen LogP contribution in [0.15, 0.2) is 36.4 Å². The number of rotatable bonds is 3. The number of hydrogen-bond acceptors (Lipinski definition) is 2. The summed E-state index contributed by atoms with van der Waals surface area (Å²) in [6.45, 7) is 0. The second kappa shape index (κ2) is 5.78. The van der Waals surface area contributed by atoms with E-state index in [9.17, 15) is 4.39 Å². The van der Waals surface area contributed by atoms with E-state index in [0.29, 0.717) is 16.3 Å². The van der Waals surface area contributed by atoms with Gasteiger partial charge in [0.15, 0.2) is 0 Å². The molecule has 2 aromatic carbocycles. The lowest BCUT2D eigenvalue weighted by molar-refractivity contribution is 0.415. The van der Waals surface area contributed by atoms with Crippen LogP contribution in [0.25, 0.3) is 0 Å². The van der Waals surface area contributed by atoms with Gasteiger partial charge in [0.2, 0.25) is 0 Å². The van der Waals surface area contributed by atoms with Crippen LogP contribution in [0.3, 0.4) is 0 Å². The Kier molecular flexibility index (Phi) is 4.30. The fraction of sp³-hybridized carbons (Fsp3) is 0.143. The third kappa shape index (κ3) is 3.00. The minimum Gasteiger partial charge on any atom is -0.495 e. The Morgan fingerprint density at radius 3 is 2.26 bits per heavy atom. The van der Waals surface area contributed by atoms with Crippen molar-refractivity contribution in [1.29, 1.82) is 0 Å². The third-order valence-corrected chi connectivity index (χ3v) is 3.44. The molecule has 100 valence electrons. The number of nitrogens with two attached hydrogens (primary N) is 1. The molecule has 2 rings (SSSR count). The minimum atomic E-state index is -0.491. The third-order valence-electron chi connectivity index (χ3n) is 2.84. The zero-order valence-corrected chi connectivity index (χ0v) is 11.7. The largest absolute Gasteiger partial charge is 0.495 e. The maximum Gasteiger partial charge on any atom is 0.142 e. The van der Waals surface area contributed by atoms with Gasteiger partial charge < -0.3 is 10.5 Å². The summed E-state index contributed by atoms with van der Waals surface area (Å²) in [7, 11) is 1.54. The average Bonchev–Trinajstić information content (AvgIpc) is 2.41. The fourth-order valence-corrected chi connectivity index (χ4v) is 2.16.